The topological polar surface area (TPSA) is 98.7 Å². The van der Waals surface area contributed by atoms with Gasteiger partial charge in [0.1, 0.15) is 4.90 Å². The minimum Gasteiger partial charge on any atom is -0.331 e. The van der Waals surface area contributed by atoms with E-state index in [0.29, 0.717) is 0 Å². The van der Waals surface area contributed by atoms with Gasteiger partial charge < -0.3 is 5.32 Å². The van der Waals surface area contributed by atoms with Gasteiger partial charge in [0.2, 0.25) is 0 Å². The Morgan fingerprint density at radius 3 is 2.29 bits per heavy atom. The Morgan fingerprint density at radius 1 is 1.08 bits per heavy atom. The van der Waals surface area contributed by atoms with Crippen LogP contribution in [0.1, 0.15) is 10.4 Å². The lowest BCUT2D eigenvalue weighted by molar-refractivity contribution is 0.0884. The number of para-hydroxylation sites is 1. The molecule has 0 unspecified atom stereocenters. The van der Waals surface area contributed by atoms with Gasteiger partial charge in [0, 0.05) is 12.7 Å². The van der Waals surface area contributed by atoms with Crippen molar-refractivity contribution in [1.82, 2.24) is 10.4 Å². The normalized spacial score (nSPS) is 10.8. The lowest BCUT2D eigenvalue weighted by Crippen LogP contribution is -2.45. The molecule has 0 saturated carbocycles. The second-order valence-corrected chi connectivity index (χ2v) is 6.54. The van der Waals surface area contributed by atoms with Gasteiger partial charge >= 0.3 is 0 Å². The summed E-state index contributed by atoms with van der Waals surface area (Å²) >= 11 is 5.17. The van der Waals surface area contributed by atoms with Crippen LogP contribution in [-0.4, -0.2) is 36.0 Å². The molecule has 7 nitrogen and oxygen atoms in total. The van der Waals surface area contributed by atoms with Crippen molar-refractivity contribution in [3.8, 4) is 0 Å². The van der Waals surface area contributed by atoms with Crippen LogP contribution in [-0.2, 0) is 10.1 Å². The molecule has 126 valence electrons. The number of rotatable bonds is 3. The van der Waals surface area contributed by atoms with Gasteiger partial charge in [-0.25, -0.2) is 0 Å². The molecule has 0 aliphatic rings. The van der Waals surface area contributed by atoms with Gasteiger partial charge in [0.05, 0.1) is 5.56 Å². The fourth-order valence-electron chi connectivity index (χ4n) is 1.87. The molecule has 1 amide bonds. The number of carbonyl (C=O) groups is 1. The molecule has 0 fully saturated rings. The molecule has 2 rings (SSSR count). The number of anilines is 1. The Kier molecular flexibility index (Phi) is 5.50. The van der Waals surface area contributed by atoms with E-state index < -0.39 is 20.9 Å². The molecule has 0 radical (unpaired) electrons. The minimum atomic E-state index is -4.51. The number of amides is 1. The third-order valence-electron chi connectivity index (χ3n) is 3.01. The van der Waals surface area contributed by atoms with E-state index in [0.717, 1.165) is 11.8 Å². The summed E-state index contributed by atoms with van der Waals surface area (Å²) in [6.07, 6.45) is 0. The number of nitrogens with zero attached hydrogens (tertiary/aromatic N) is 1. The maximum Gasteiger partial charge on any atom is 0.295 e. The van der Waals surface area contributed by atoms with Crippen LogP contribution in [0.5, 0.6) is 0 Å². The van der Waals surface area contributed by atoms with Crippen LogP contribution in [0.3, 0.4) is 0 Å². The van der Waals surface area contributed by atoms with E-state index in [1.54, 1.807) is 12.1 Å². The van der Waals surface area contributed by atoms with Crippen LogP contribution >= 0.6 is 12.2 Å². The highest BCUT2D eigenvalue weighted by Gasteiger charge is 2.21. The monoisotopic (exact) mass is 365 g/mol. The van der Waals surface area contributed by atoms with Crippen molar-refractivity contribution in [2.45, 2.75) is 4.90 Å². The summed E-state index contributed by atoms with van der Waals surface area (Å²) in [5, 5.41) is 4.37. The molecule has 24 heavy (non-hydrogen) atoms. The molecule has 0 aromatic heterocycles. The summed E-state index contributed by atoms with van der Waals surface area (Å²) < 4.78 is 31.9. The fourth-order valence-corrected chi connectivity index (χ4v) is 2.72. The number of hydrogen-bond donors (Lipinski definition) is 3. The third kappa shape index (κ3) is 4.51. The van der Waals surface area contributed by atoms with Crippen molar-refractivity contribution >= 4 is 39.0 Å². The van der Waals surface area contributed by atoms with E-state index >= 15 is 0 Å². The molecule has 0 aliphatic carbocycles. The summed E-state index contributed by atoms with van der Waals surface area (Å²) in [6.45, 7) is 0. The highest BCUT2D eigenvalue weighted by atomic mass is 32.2. The van der Waals surface area contributed by atoms with Gasteiger partial charge in [-0.15, -0.1) is 0 Å². The van der Waals surface area contributed by atoms with Gasteiger partial charge in [-0.05, 0) is 36.5 Å². The van der Waals surface area contributed by atoms with Gasteiger partial charge in [0.25, 0.3) is 16.0 Å². The van der Waals surface area contributed by atoms with Gasteiger partial charge in [0.15, 0.2) is 5.11 Å². The second-order valence-electron chi connectivity index (χ2n) is 4.77. The number of benzene rings is 2. The van der Waals surface area contributed by atoms with E-state index in [2.05, 4.69) is 10.7 Å². The lowest BCUT2D eigenvalue weighted by atomic mass is 10.2. The Balaban J connectivity index is 2.11. The lowest BCUT2D eigenvalue weighted by Gasteiger charge is -2.22. The fraction of sp³-hybridized carbons (Fsp3) is 0.0667. The molecular weight excluding hydrogens is 350 g/mol. The first-order chi connectivity index (χ1) is 11.3. The maximum absolute atomic E-state index is 12.3. The largest absolute Gasteiger partial charge is 0.331 e. The molecule has 2 aromatic rings. The Labute approximate surface area is 145 Å². The summed E-state index contributed by atoms with van der Waals surface area (Å²) in [5.41, 5.74) is 3.00. The van der Waals surface area contributed by atoms with Crippen LogP contribution in [0.25, 0.3) is 0 Å². The molecule has 0 saturated heterocycles. The quantitative estimate of drug-likeness (QED) is 0.434. The molecule has 0 heterocycles. The minimum absolute atomic E-state index is 0.186. The summed E-state index contributed by atoms with van der Waals surface area (Å²) in [7, 11) is -3.00. The van der Waals surface area contributed by atoms with Gasteiger partial charge in [-0.1, -0.05) is 30.3 Å². The van der Waals surface area contributed by atoms with Crippen molar-refractivity contribution in [1.29, 1.82) is 0 Å². The Bertz CT molecular complexity index is 854. The standard InChI is InChI=1S/C15H15N3O4S2/c1-18(15(23)16-11-7-3-2-4-8-11)17-14(19)12-9-5-6-10-13(12)24(20,21)22/h2-10H,1H3,(H,16,23)(H,17,19)(H,20,21,22). The molecule has 3 N–H and O–H groups in total. The van der Waals surface area contributed by atoms with Crippen molar-refractivity contribution < 1.29 is 17.8 Å². The molecule has 0 bridgehead atoms. The van der Waals surface area contributed by atoms with E-state index in [-0.39, 0.29) is 10.7 Å². The third-order valence-corrected chi connectivity index (χ3v) is 4.30. The average molecular weight is 365 g/mol. The number of thiocarbonyl (C=S) groups is 1. The summed E-state index contributed by atoms with van der Waals surface area (Å²) in [4.78, 5) is 11.8. The van der Waals surface area contributed by atoms with Crippen molar-refractivity contribution in [2.75, 3.05) is 12.4 Å². The van der Waals surface area contributed by atoms with Crippen LogP contribution in [0.2, 0.25) is 0 Å². The van der Waals surface area contributed by atoms with Crippen molar-refractivity contribution in [3.05, 3.63) is 60.2 Å². The van der Waals surface area contributed by atoms with Crippen LogP contribution in [0.4, 0.5) is 5.69 Å². The van der Waals surface area contributed by atoms with Gasteiger partial charge in [-0.2, -0.15) is 8.42 Å². The SMILES string of the molecule is CN(NC(=O)c1ccccc1S(=O)(=O)O)C(=S)Nc1ccccc1. The molecule has 2 aromatic carbocycles. The second kappa shape index (κ2) is 7.39. The maximum atomic E-state index is 12.3. The zero-order valence-corrected chi connectivity index (χ0v) is 14.3. The predicted molar refractivity (Wildman–Crippen MR) is 94.1 cm³/mol. The van der Waals surface area contributed by atoms with Crippen LogP contribution in [0, 0.1) is 0 Å². The predicted octanol–water partition coefficient (Wildman–Crippen LogP) is 1.91. The molecule has 0 atom stereocenters. The van der Waals surface area contributed by atoms with Crippen molar-refractivity contribution in [2.24, 2.45) is 0 Å². The highest BCUT2D eigenvalue weighted by Crippen LogP contribution is 2.15. The zero-order chi connectivity index (χ0) is 17.7. The Morgan fingerprint density at radius 2 is 1.67 bits per heavy atom. The van der Waals surface area contributed by atoms with Gasteiger partial charge in [-0.3, -0.25) is 19.8 Å². The van der Waals surface area contributed by atoms with Crippen molar-refractivity contribution in [3.63, 3.8) is 0 Å². The van der Waals surface area contributed by atoms with Crippen LogP contribution < -0.4 is 10.7 Å². The average Bonchev–Trinajstić information content (AvgIpc) is 2.55. The van der Waals surface area contributed by atoms with Crippen LogP contribution in [0.15, 0.2) is 59.5 Å². The molecular formula is C15H15N3O4S2. The summed E-state index contributed by atoms with van der Waals surface area (Å²) in [5.74, 6) is -0.720. The van der Waals surface area contributed by atoms with E-state index in [1.165, 1.54) is 30.3 Å². The first-order valence-corrected chi connectivity index (χ1v) is 8.61. The molecule has 0 spiro atoms. The smallest absolute Gasteiger partial charge is 0.295 e. The number of nitrogens with one attached hydrogen (secondary N) is 2. The molecule has 9 heteroatoms. The highest BCUT2D eigenvalue weighted by molar-refractivity contribution is 7.86. The first kappa shape index (κ1) is 17.9. The first-order valence-electron chi connectivity index (χ1n) is 6.76. The molecule has 0 aliphatic heterocycles. The van der Waals surface area contributed by atoms with E-state index in [1.807, 2.05) is 18.2 Å². The summed E-state index contributed by atoms with van der Waals surface area (Å²) in [6, 6.07) is 14.4. The zero-order valence-electron chi connectivity index (χ0n) is 12.6. The van der Waals surface area contributed by atoms with E-state index in [4.69, 9.17) is 12.2 Å². The number of hydrazine groups is 1. The van der Waals surface area contributed by atoms with E-state index in [9.17, 15) is 17.8 Å². The number of hydrogen-bond acceptors (Lipinski definition) is 4. The Hall–Kier alpha value is -2.49. The number of carbonyl (C=O) groups excluding carboxylic acids is 1.